The minimum absolute atomic E-state index is 0.00539. The summed E-state index contributed by atoms with van der Waals surface area (Å²) in [5, 5.41) is 0. The van der Waals surface area contributed by atoms with Crippen molar-refractivity contribution in [3.05, 3.63) is 24.3 Å². The molecule has 2 heterocycles. The molecule has 6 nitrogen and oxygen atoms in total. The van der Waals surface area contributed by atoms with Crippen LogP contribution >= 0.6 is 0 Å². The molecule has 6 heteroatoms. The molecular formula is C17H23N3O3. The van der Waals surface area contributed by atoms with Gasteiger partial charge in [0.05, 0.1) is 5.69 Å². The van der Waals surface area contributed by atoms with Crippen LogP contribution in [0.4, 0.5) is 5.69 Å². The summed E-state index contributed by atoms with van der Waals surface area (Å²) in [5.74, 6) is 0.500. The Kier molecular flexibility index (Phi) is 4.81. The molecule has 2 aliphatic heterocycles. The van der Waals surface area contributed by atoms with E-state index in [1.54, 1.807) is 4.90 Å². The summed E-state index contributed by atoms with van der Waals surface area (Å²) in [6.07, 6.45) is 1.13. The van der Waals surface area contributed by atoms with E-state index in [-0.39, 0.29) is 25.0 Å². The van der Waals surface area contributed by atoms with E-state index >= 15 is 0 Å². The number of carbonyl (C=O) groups excluding carboxylic acids is 2. The van der Waals surface area contributed by atoms with Gasteiger partial charge in [0.15, 0.2) is 6.61 Å². The molecule has 0 atom stereocenters. The van der Waals surface area contributed by atoms with Crippen LogP contribution in [0.1, 0.15) is 13.3 Å². The fourth-order valence-electron chi connectivity index (χ4n) is 3.10. The number of nitrogens with zero attached hydrogens (tertiary/aromatic N) is 3. The van der Waals surface area contributed by atoms with E-state index in [1.165, 1.54) is 0 Å². The Morgan fingerprint density at radius 1 is 1.17 bits per heavy atom. The van der Waals surface area contributed by atoms with Gasteiger partial charge in [0.25, 0.3) is 5.91 Å². The van der Waals surface area contributed by atoms with Crippen molar-refractivity contribution in [3.8, 4) is 5.75 Å². The van der Waals surface area contributed by atoms with Crippen LogP contribution in [0.15, 0.2) is 24.3 Å². The lowest BCUT2D eigenvalue weighted by atomic mass is 10.2. The number of benzene rings is 1. The predicted octanol–water partition coefficient (Wildman–Crippen LogP) is 0.966. The van der Waals surface area contributed by atoms with Gasteiger partial charge in [-0.25, -0.2) is 0 Å². The second-order valence-corrected chi connectivity index (χ2v) is 5.96. The van der Waals surface area contributed by atoms with E-state index in [9.17, 15) is 9.59 Å². The monoisotopic (exact) mass is 317 g/mol. The summed E-state index contributed by atoms with van der Waals surface area (Å²) in [7, 11) is 0. The lowest BCUT2D eigenvalue weighted by Gasteiger charge is -2.36. The highest BCUT2D eigenvalue weighted by Gasteiger charge is 2.29. The van der Waals surface area contributed by atoms with Crippen molar-refractivity contribution < 1.29 is 14.3 Å². The summed E-state index contributed by atoms with van der Waals surface area (Å²) < 4.78 is 5.41. The molecule has 0 N–H and O–H groups in total. The fourth-order valence-corrected chi connectivity index (χ4v) is 3.10. The number of ether oxygens (including phenoxy) is 1. The van der Waals surface area contributed by atoms with E-state index in [2.05, 4.69) is 11.8 Å². The Morgan fingerprint density at radius 3 is 2.65 bits per heavy atom. The van der Waals surface area contributed by atoms with Crippen molar-refractivity contribution in [3.63, 3.8) is 0 Å². The van der Waals surface area contributed by atoms with Gasteiger partial charge < -0.3 is 9.64 Å². The van der Waals surface area contributed by atoms with Crippen LogP contribution in [0.2, 0.25) is 0 Å². The molecule has 0 radical (unpaired) electrons. The number of rotatable bonds is 4. The minimum Gasteiger partial charge on any atom is -0.482 e. The molecule has 1 fully saturated rings. The Balaban J connectivity index is 1.63. The molecule has 0 bridgehead atoms. The Hall–Kier alpha value is -2.08. The predicted molar refractivity (Wildman–Crippen MR) is 87.6 cm³/mol. The van der Waals surface area contributed by atoms with Gasteiger partial charge in [0, 0.05) is 26.2 Å². The lowest BCUT2D eigenvalue weighted by Crippen LogP contribution is -2.52. The SMILES string of the molecule is CCCN1CCN(C(=O)CN2C(=O)COc3ccccc32)CC1. The topological polar surface area (TPSA) is 53.1 Å². The average molecular weight is 317 g/mol. The molecule has 0 saturated carbocycles. The maximum atomic E-state index is 12.6. The van der Waals surface area contributed by atoms with Crippen LogP contribution in [0.25, 0.3) is 0 Å². The van der Waals surface area contributed by atoms with Crippen LogP contribution in [-0.4, -0.2) is 67.5 Å². The highest BCUT2D eigenvalue weighted by Crippen LogP contribution is 2.31. The quantitative estimate of drug-likeness (QED) is 0.830. The van der Waals surface area contributed by atoms with Gasteiger partial charge in [0.2, 0.25) is 5.91 Å². The number of carbonyl (C=O) groups is 2. The van der Waals surface area contributed by atoms with Crippen molar-refractivity contribution in [1.29, 1.82) is 0 Å². The number of fused-ring (bicyclic) bond motifs is 1. The van der Waals surface area contributed by atoms with Crippen molar-refractivity contribution in [2.45, 2.75) is 13.3 Å². The second-order valence-electron chi connectivity index (χ2n) is 5.96. The number of hydrogen-bond donors (Lipinski definition) is 0. The van der Waals surface area contributed by atoms with Gasteiger partial charge in [0.1, 0.15) is 12.3 Å². The third-order valence-electron chi connectivity index (χ3n) is 4.37. The molecule has 0 spiro atoms. The summed E-state index contributed by atoms with van der Waals surface area (Å²) in [4.78, 5) is 30.5. The molecule has 23 heavy (non-hydrogen) atoms. The van der Waals surface area contributed by atoms with E-state index in [0.29, 0.717) is 11.4 Å². The van der Waals surface area contributed by atoms with Gasteiger partial charge in [-0.15, -0.1) is 0 Å². The van der Waals surface area contributed by atoms with Gasteiger partial charge in [-0.05, 0) is 25.1 Å². The zero-order valence-corrected chi connectivity index (χ0v) is 13.5. The maximum Gasteiger partial charge on any atom is 0.265 e. The molecule has 1 saturated heterocycles. The van der Waals surface area contributed by atoms with E-state index in [0.717, 1.165) is 39.1 Å². The van der Waals surface area contributed by atoms with Crippen LogP contribution < -0.4 is 9.64 Å². The highest BCUT2D eigenvalue weighted by molar-refractivity contribution is 6.02. The number of anilines is 1. The van der Waals surface area contributed by atoms with Crippen LogP contribution in [-0.2, 0) is 9.59 Å². The van der Waals surface area contributed by atoms with Crippen molar-refractivity contribution in [2.75, 3.05) is 50.8 Å². The molecule has 0 aliphatic carbocycles. The molecule has 3 rings (SSSR count). The van der Waals surface area contributed by atoms with Crippen molar-refractivity contribution in [2.24, 2.45) is 0 Å². The Bertz CT molecular complexity index is 582. The highest BCUT2D eigenvalue weighted by atomic mass is 16.5. The summed E-state index contributed by atoms with van der Waals surface area (Å²) in [6, 6.07) is 7.35. The summed E-state index contributed by atoms with van der Waals surface area (Å²) in [5.41, 5.74) is 0.682. The normalized spacial score (nSPS) is 18.6. The lowest BCUT2D eigenvalue weighted by molar-refractivity contribution is -0.133. The molecule has 124 valence electrons. The third kappa shape index (κ3) is 3.47. The zero-order valence-electron chi connectivity index (χ0n) is 13.5. The number of amides is 2. The minimum atomic E-state index is -0.165. The smallest absolute Gasteiger partial charge is 0.265 e. The molecule has 0 unspecified atom stereocenters. The number of para-hydroxylation sites is 2. The van der Waals surface area contributed by atoms with Crippen LogP contribution in [0.5, 0.6) is 5.75 Å². The first kappa shape index (κ1) is 15.8. The first-order valence-corrected chi connectivity index (χ1v) is 8.21. The van der Waals surface area contributed by atoms with Gasteiger partial charge >= 0.3 is 0 Å². The molecule has 1 aromatic rings. The third-order valence-corrected chi connectivity index (χ3v) is 4.37. The van der Waals surface area contributed by atoms with Gasteiger partial charge in [-0.2, -0.15) is 0 Å². The Labute approximate surface area is 136 Å². The van der Waals surface area contributed by atoms with E-state index in [4.69, 9.17) is 4.74 Å². The van der Waals surface area contributed by atoms with Gasteiger partial charge in [-0.1, -0.05) is 19.1 Å². The number of piperazine rings is 1. The summed E-state index contributed by atoms with van der Waals surface area (Å²) in [6.45, 7) is 6.62. The van der Waals surface area contributed by atoms with Crippen LogP contribution in [0.3, 0.4) is 0 Å². The zero-order chi connectivity index (χ0) is 16.2. The second kappa shape index (κ2) is 7.00. The van der Waals surface area contributed by atoms with E-state index < -0.39 is 0 Å². The first-order valence-electron chi connectivity index (χ1n) is 8.21. The maximum absolute atomic E-state index is 12.6. The standard InChI is InChI=1S/C17H23N3O3/c1-2-7-18-8-10-19(11-9-18)16(21)12-20-14-5-3-4-6-15(14)23-13-17(20)22/h3-6H,2,7-13H2,1H3. The Morgan fingerprint density at radius 2 is 1.91 bits per heavy atom. The molecule has 0 aromatic heterocycles. The molecule has 2 amide bonds. The largest absolute Gasteiger partial charge is 0.482 e. The number of hydrogen-bond acceptors (Lipinski definition) is 4. The fraction of sp³-hybridized carbons (Fsp3) is 0.529. The average Bonchev–Trinajstić information content (AvgIpc) is 2.58. The van der Waals surface area contributed by atoms with Crippen LogP contribution in [0, 0.1) is 0 Å². The van der Waals surface area contributed by atoms with E-state index in [1.807, 2.05) is 29.2 Å². The van der Waals surface area contributed by atoms with Crippen molar-refractivity contribution >= 4 is 17.5 Å². The van der Waals surface area contributed by atoms with Crippen molar-refractivity contribution in [1.82, 2.24) is 9.80 Å². The molecule has 2 aliphatic rings. The summed E-state index contributed by atoms with van der Waals surface area (Å²) >= 11 is 0. The first-order chi connectivity index (χ1) is 11.2. The molecular weight excluding hydrogens is 294 g/mol. The van der Waals surface area contributed by atoms with Gasteiger partial charge in [-0.3, -0.25) is 19.4 Å². The molecule has 1 aromatic carbocycles.